The van der Waals surface area contributed by atoms with Gasteiger partial charge >= 0.3 is 11.8 Å². The van der Waals surface area contributed by atoms with Gasteiger partial charge in [-0.3, -0.25) is 15.1 Å². The van der Waals surface area contributed by atoms with Gasteiger partial charge < -0.3 is 20.1 Å². The molecule has 9 nitrogen and oxygen atoms in total. The van der Waals surface area contributed by atoms with E-state index in [0.29, 0.717) is 12.2 Å². The van der Waals surface area contributed by atoms with E-state index in [1.807, 2.05) is 11.8 Å². The number of pyridine rings is 1. The van der Waals surface area contributed by atoms with E-state index in [1.165, 1.54) is 6.20 Å². The Labute approximate surface area is 164 Å². The fourth-order valence-electron chi connectivity index (χ4n) is 4.01. The molecular formula is C19H28N4O5. The SMILES string of the molecule is CC1CN(c2c([N+](=O)[O-])cnc3c2CCC3)CC(NC(=O)OC(C)(C)C)C1O. The maximum atomic E-state index is 12.2. The Kier molecular flexibility index (Phi) is 5.47. The van der Waals surface area contributed by atoms with Crippen LogP contribution in [0, 0.1) is 16.0 Å². The Bertz CT molecular complexity index is 776. The van der Waals surface area contributed by atoms with Crippen LogP contribution in [-0.2, 0) is 17.6 Å². The number of fused-ring (bicyclic) bond motifs is 1. The summed E-state index contributed by atoms with van der Waals surface area (Å²) in [5.74, 6) is -0.182. The second kappa shape index (κ2) is 7.54. The van der Waals surface area contributed by atoms with Gasteiger partial charge in [-0.15, -0.1) is 0 Å². The first kappa shape index (κ1) is 20.3. The third-order valence-electron chi connectivity index (χ3n) is 5.20. The average molecular weight is 392 g/mol. The fraction of sp³-hybridized carbons (Fsp3) is 0.684. The number of nitrogens with one attached hydrogen (secondary N) is 1. The predicted molar refractivity (Wildman–Crippen MR) is 103 cm³/mol. The number of anilines is 1. The van der Waals surface area contributed by atoms with Crippen LogP contribution in [0.25, 0.3) is 0 Å². The lowest BCUT2D eigenvalue weighted by Gasteiger charge is -2.41. The van der Waals surface area contributed by atoms with Gasteiger partial charge in [-0.05, 0) is 40.0 Å². The molecule has 0 aromatic carbocycles. The molecule has 0 bridgehead atoms. The summed E-state index contributed by atoms with van der Waals surface area (Å²) < 4.78 is 5.30. The van der Waals surface area contributed by atoms with Gasteiger partial charge in [0, 0.05) is 30.3 Å². The first-order valence-electron chi connectivity index (χ1n) is 9.64. The fourth-order valence-corrected chi connectivity index (χ4v) is 4.01. The standard InChI is InChI=1S/C19H28N4O5/c1-11-9-22(10-14(17(11)24)21-18(25)28-19(2,3)4)16-12-6-5-7-13(12)20-8-15(16)23(26)27/h8,11,14,17,24H,5-7,9-10H2,1-4H3,(H,21,25). The number of carbonyl (C=O) groups excluding carboxylic acids is 1. The van der Waals surface area contributed by atoms with Crippen LogP contribution >= 0.6 is 0 Å². The number of aliphatic hydroxyl groups is 1. The lowest BCUT2D eigenvalue weighted by molar-refractivity contribution is -0.384. The number of aliphatic hydroxyl groups excluding tert-OH is 1. The molecule has 154 valence electrons. The minimum absolute atomic E-state index is 0.0275. The number of hydrogen-bond acceptors (Lipinski definition) is 7. The van der Waals surface area contributed by atoms with Crippen molar-refractivity contribution in [3.05, 3.63) is 27.6 Å². The largest absolute Gasteiger partial charge is 0.444 e. The molecule has 1 aliphatic heterocycles. The molecule has 9 heteroatoms. The smallest absolute Gasteiger partial charge is 0.408 e. The third-order valence-corrected chi connectivity index (χ3v) is 5.20. The van der Waals surface area contributed by atoms with Crippen molar-refractivity contribution in [3.63, 3.8) is 0 Å². The number of rotatable bonds is 3. The number of aryl methyl sites for hydroxylation is 1. The molecule has 1 aromatic rings. The summed E-state index contributed by atoms with van der Waals surface area (Å²) >= 11 is 0. The van der Waals surface area contributed by atoms with Crippen molar-refractivity contribution in [3.8, 4) is 0 Å². The van der Waals surface area contributed by atoms with Crippen molar-refractivity contribution in [2.45, 2.75) is 64.7 Å². The summed E-state index contributed by atoms with van der Waals surface area (Å²) in [5.41, 5.74) is 1.70. The van der Waals surface area contributed by atoms with E-state index >= 15 is 0 Å². The molecule has 1 saturated heterocycles. The highest BCUT2D eigenvalue weighted by Crippen LogP contribution is 2.39. The van der Waals surface area contributed by atoms with Gasteiger partial charge in [-0.1, -0.05) is 6.92 Å². The second-order valence-electron chi connectivity index (χ2n) is 8.65. The molecule has 0 spiro atoms. The summed E-state index contributed by atoms with van der Waals surface area (Å²) in [6.45, 7) is 7.90. The number of alkyl carbamates (subject to hydrolysis) is 1. The van der Waals surface area contributed by atoms with Crippen LogP contribution in [0.5, 0.6) is 0 Å². The van der Waals surface area contributed by atoms with Gasteiger partial charge in [-0.2, -0.15) is 0 Å². The zero-order valence-corrected chi connectivity index (χ0v) is 16.8. The van der Waals surface area contributed by atoms with E-state index in [0.717, 1.165) is 30.5 Å². The van der Waals surface area contributed by atoms with Gasteiger partial charge in [0.05, 0.1) is 17.1 Å². The van der Waals surface area contributed by atoms with Crippen LogP contribution in [0.4, 0.5) is 16.2 Å². The monoisotopic (exact) mass is 392 g/mol. The lowest BCUT2D eigenvalue weighted by Crippen LogP contribution is -2.59. The number of amides is 1. The summed E-state index contributed by atoms with van der Waals surface area (Å²) in [5, 5.41) is 24.9. The van der Waals surface area contributed by atoms with E-state index < -0.39 is 28.8 Å². The van der Waals surface area contributed by atoms with E-state index in [2.05, 4.69) is 10.3 Å². The minimum Gasteiger partial charge on any atom is -0.444 e. The number of piperidine rings is 1. The average Bonchev–Trinajstić information content (AvgIpc) is 3.04. The van der Waals surface area contributed by atoms with Crippen LogP contribution in [0.1, 0.15) is 45.4 Å². The molecule has 2 aliphatic rings. The molecular weight excluding hydrogens is 364 g/mol. The van der Waals surface area contributed by atoms with Crippen LogP contribution in [-0.4, -0.2) is 51.9 Å². The van der Waals surface area contributed by atoms with Crippen molar-refractivity contribution in [2.24, 2.45) is 5.92 Å². The molecule has 2 N–H and O–H groups in total. The summed E-state index contributed by atoms with van der Waals surface area (Å²) in [6.07, 6.45) is 2.42. The molecule has 3 atom stereocenters. The molecule has 0 saturated carbocycles. The number of ether oxygens (including phenoxy) is 1. The van der Waals surface area contributed by atoms with Gasteiger partial charge in [0.2, 0.25) is 0 Å². The topological polar surface area (TPSA) is 118 Å². The van der Waals surface area contributed by atoms with Gasteiger partial charge in [-0.25, -0.2) is 4.79 Å². The zero-order chi connectivity index (χ0) is 20.6. The number of hydrogen-bond donors (Lipinski definition) is 2. The maximum absolute atomic E-state index is 12.2. The highest BCUT2D eigenvalue weighted by Gasteiger charge is 2.39. The molecule has 2 heterocycles. The summed E-state index contributed by atoms with van der Waals surface area (Å²) in [6, 6.07) is -0.594. The Hall–Kier alpha value is -2.42. The molecule has 1 aliphatic carbocycles. The molecule has 1 fully saturated rings. The number of aromatic nitrogens is 1. The first-order chi connectivity index (χ1) is 13.1. The van der Waals surface area contributed by atoms with Gasteiger partial charge in [0.25, 0.3) is 0 Å². The van der Waals surface area contributed by atoms with Crippen molar-refractivity contribution >= 4 is 17.5 Å². The Morgan fingerprint density at radius 3 is 2.75 bits per heavy atom. The lowest BCUT2D eigenvalue weighted by atomic mass is 9.91. The van der Waals surface area contributed by atoms with Crippen molar-refractivity contribution in [1.82, 2.24) is 10.3 Å². The van der Waals surface area contributed by atoms with E-state index in [4.69, 9.17) is 4.74 Å². The quantitative estimate of drug-likeness (QED) is 0.598. The minimum atomic E-state index is -0.766. The molecule has 1 aromatic heterocycles. The summed E-state index contributed by atoms with van der Waals surface area (Å²) in [7, 11) is 0. The van der Waals surface area contributed by atoms with Crippen LogP contribution in [0.2, 0.25) is 0 Å². The first-order valence-corrected chi connectivity index (χ1v) is 9.64. The van der Waals surface area contributed by atoms with Gasteiger partial charge in [0.1, 0.15) is 17.5 Å². The molecule has 3 unspecified atom stereocenters. The highest BCUT2D eigenvalue weighted by molar-refractivity contribution is 5.71. The van der Waals surface area contributed by atoms with Gasteiger partial charge in [0.15, 0.2) is 0 Å². The van der Waals surface area contributed by atoms with Crippen LogP contribution < -0.4 is 10.2 Å². The predicted octanol–water partition coefficient (Wildman–Crippen LogP) is 2.19. The molecule has 1 amide bonds. The zero-order valence-electron chi connectivity index (χ0n) is 16.8. The molecule has 0 radical (unpaired) electrons. The number of nitrogens with zero attached hydrogens (tertiary/aromatic N) is 3. The van der Waals surface area contributed by atoms with Crippen LogP contribution in [0.3, 0.4) is 0 Å². The second-order valence-corrected chi connectivity index (χ2v) is 8.65. The normalized spacial score (nSPS) is 24.6. The van der Waals surface area contributed by atoms with E-state index in [9.17, 15) is 20.0 Å². The van der Waals surface area contributed by atoms with Crippen molar-refractivity contribution in [2.75, 3.05) is 18.0 Å². The van der Waals surface area contributed by atoms with E-state index in [-0.39, 0.29) is 18.2 Å². The molecule has 3 rings (SSSR count). The van der Waals surface area contributed by atoms with Crippen molar-refractivity contribution < 1.29 is 19.6 Å². The van der Waals surface area contributed by atoms with Crippen molar-refractivity contribution in [1.29, 1.82) is 0 Å². The summed E-state index contributed by atoms with van der Waals surface area (Å²) in [4.78, 5) is 29.6. The number of nitro groups is 1. The Balaban J connectivity index is 1.88. The third kappa shape index (κ3) is 4.19. The van der Waals surface area contributed by atoms with Crippen LogP contribution in [0.15, 0.2) is 6.20 Å². The Morgan fingerprint density at radius 1 is 1.39 bits per heavy atom. The maximum Gasteiger partial charge on any atom is 0.408 e. The number of carbonyl (C=O) groups is 1. The molecule has 28 heavy (non-hydrogen) atoms. The Morgan fingerprint density at radius 2 is 2.11 bits per heavy atom. The highest BCUT2D eigenvalue weighted by atomic mass is 16.6. The van der Waals surface area contributed by atoms with E-state index in [1.54, 1.807) is 20.8 Å².